The van der Waals surface area contributed by atoms with E-state index in [1.54, 1.807) is 24.3 Å². The van der Waals surface area contributed by atoms with Gasteiger partial charge in [0, 0.05) is 13.1 Å². The average Bonchev–Trinajstić information content (AvgIpc) is 2.48. The number of nitrogens with one attached hydrogen (secondary N) is 2. The van der Waals surface area contributed by atoms with Crippen LogP contribution in [-0.4, -0.2) is 50.7 Å². The average molecular weight is 356 g/mol. The highest BCUT2D eigenvalue weighted by Crippen LogP contribution is 2.22. The van der Waals surface area contributed by atoms with Crippen molar-refractivity contribution >= 4 is 33.3 Å². The van der Waals surface area contributed by atoms with Crippen LogP contribution in [0.25, 0.3) is 0 Å². The number of hydrogen-bond donors (Lipinski definition) is 2. The highest BCUT2D eigenvalue weighted by atomic mass is 35.5. The van der Waals surface area contributed by atoms with Crippen LogP contribution in [0, 0.1) is 0 Å². The fourth-order valence-corrected chi connectivity index (χ4v) is 3.26. The molecule has 9 heteroatoms. The summed E-state index contributed by atoms with van der Waals surface area (Å²) in [5.74, 6) is 0.704. The second kappa shape index (κ2) is 7.58. The standard InChI is InChI=1S/C14H18ClN5O2S/c1-20(2)10-9-16-13-7-8-14(18-17-13)19-23(21,22)12-6-4-3-5-11(12)15/h3-8H,9-10H2,1-2H3,(H,16,17)(H,18,19). The molecule has 124 valence electrons. The van der Waals surface area contributed by atoms with Gasteiger partial charge in [-0.3, -0.25) is 4.72 Å². The molecule has 0 saturated heterocycles. The van der Waals surface area contributed by atoms with Crippen LogP contribution < -0.4 is 10.0 Å². The zero-order valence-corrected chi connectivity index (χ0v) is 14.4. The number of rotatable bonds is 7. The van der Waals surface area contributed by atoms with E-state index in [2.05, 4.69) is 20.2 Å². The summed E-state index contributed by atoms with van der Waals surface area (Å²) in [6.45, 7) is 1.56. The molecule has 0 fully saturated rings. The lowest BCUT2D eigenvalue weighted by atomic mass is 10.4. The van der Waals surface area contributed by atoms with E-state index in [-0.39, 0.29) is 15.7 Å². The lowest BCUT2D eigenvalue weighted by Gasteiger charge is -2.11. The summed E-state index contributed by atoms with van der Waals surface area (Å²) < 4.78 is 26.9. The second-order valence-corrected chi connectivity index (χ2v) is 7.13. The Hall–Kier alpha value is -1.90. The maximum absolute atomic E-state index is 12.3. The summed E-state index contributed by atoms with van der Waals surface area (Å²) in [6, 6.07) is 9.40. The Balaban J connectivity index is 2.04. The number of anilines is 2. The predicted octanol–water partition coefficient (Wildman–Crippen LogP) is 1.90. The molecule has 0 aliphatic rings. The van der Waals surface area contributed by atoms with E-state index in [4.69, 9.17) is 11.6 Å². The molecule has 0 aliphatic carbocycles. The summed E-state index contributed by atoms with van der Waals surface area (Å²) in [4.78, 5) is 2.03. The first-order valence-electron chi connectivity index (χ1n) is 6.88. The Morgan fingerprint density at radius 1 is 1.09 bits per heavy atom. The van der Waals surface area contributed by atoms with Crippen molar-refractivity contribution in [3.63, 3.8) is 0 Å². The number of hydrogen-bond acceptors (Lipinski definition) is 6. The number of nitrogens with zero attached hydrogens (tertiary/aromatic N) is 3. The number of sulfonamides is 1. The first-order valence-corrected chi connectivity index (χ1v) is 8.74. The molecule has 7 nitrogen and oxygen atoms in total. The lowest BCUT2D eigenvalue weighted by molar-refractivity contribution is 0.425. The van der Waals surface area contributed by atoms with Gasteiger partial charge in [0.2, 0.25) is 0 Å². The molecule has 1 aromatic heterocycles. The van der Waals surface area contributed by atoms with E-state index >= 15 is 0 Å². The normalized spacial score (nSPS) is 11.5. The van der Waals surface area contributed by atoms with Crippen molar-refractivity contribution in [1.29, 1.82) is 0 Å². The van der Waals surface area contributed by atoms with Gasteiger partial charge >= 0.3 is 0 Å². The van der Waals surface area contributed by atoms with Gasteiger partial charge in [0.15, 0.2) is 5.82 Å². The van der Waals surface area contributed by atoms with Gasteiger partial charge in [-0.1, -0.05) is 23.7 Å². The molecular formula is C14H18ClN5O2S. The molecule has 2 rings (SSSR count). The highest BCUT2D eigenvalue weighted by molar-refractivity contribution is 7.92. The van der Waals surface area contributed by atoms with E-state index in [0.29, 0.717) is 12.4 Å². The molecule has 2 aromatic rings. The highest BCUT2D eigenvalue weighted by Gasteiger charge is 2.18. The van der Waals surface area contributed by atoms with Crippen LogP contribution in [0.5, 0.6) is 0 Å². The molecule has 0 spiro atoms. The quantitative estimate of drug-likeness (QED) is 0.788. The maximum atomic E-state index is 12.3. The van der Waals surface area contributed by atoms with Crippen LogP contribution in [0.1, 0.15) is 0 Å². The summed E-state index contributed by atoms with van der Waals surface area (Å²) in [5.41, 5.74) is 0. The minimum Gasteiger partial charge on any atom is -0.367 e. The Labute approximate surface area is 140 Å². The minimum atomic E-state index is -3.80. The number of likely N-dealkylation sites (N-methyl/N-ethyl adjacent to an activating group) is 1. The lowest BCUT2D eigenvalue weighted by Crippen LogP contribution is -2.21. The number of aromatic nitrogens is 2. The third-order valence-electron chi connectivity index (χ3n) is 2.89. The molecule has 1 heterocycles. The molecule has 0 radical (unpaired) electrons. The summed E-state index contributed by atoms with van der Waals surface area (Å²) in [7, 11) is 0.148. The number of halogens is 1. The molecule has 0 amide bonds. The minimum absolute atomic E-state index is 0.00310. The van der Waals surface area contributed by atoms with Crippen molar-refractivity contribution in [2.24, 2.45) is 0 Å². The van der Waals surface area contributed by atoms with Crippen molar-refractivity contribution in [3.8, 4) is 0 Å². The van der Waals surface area contributed by atoms with E-state index in [0.717, 1.165) is 6.54 Å². The van der Waals surface area contributed by atoms with E-state index in [1.807, 2.05) is 19.0 Å². The van der Waals surface area contributed by atoms with Crippen LogP contribution in [-0.2, 0) is 10.0 Å². The van der Waals surface area contributed by atoms with Gasteiger partial charge in [0.05, 0.1) is 5.02 Å². The second-order valence-electron chi connectivity index (χ2n) is 5.07. The van der Waals surface area contributed by atoms with Gasteiger partial charge in [0.25, 0.3) is 10.0 Å². The first kappa shape index (κ1) is 17.5. The van der Waals surface area contributed by atoms with Gasteiger partial charge in [-0.05, 0) is 38.4 Å². The van der Waals surface area contributed by atoms with Crippen molar-refractivity contribution < 1.29 is 8.42 Å². The van der Waals surface area contributed by atoms with Crippen LogP contribution in [0.15, 0.2) is 41.3 Å². The third-order valence-corrected chi connectivity index (χ3v) is 4.75. The van der Waals surface area contributed by atoms with Gasteiger partial charge in [-0.15, -0.1) is 10.2 Å². The van der Waals surface area contributed by atoms with E-state index in [1.165, 1.54) is 12.1 Å². The van der Waals surface area contributed by atoms with Gasteiger partial charge in [0.1, 0.15) is 10.7 Å². The fraction of sp³-hybridized carbons (Fsp3) is 0.286. The van der Waals surface area contributed by atoms with Crippen LogP contribution >= 0.6 is 11.6 Å². The van der Waals surface area contributed by atoms with Crippen molar-refractivity contribution in [3.05, 3.63) is 41.4 Å². The Morgan fingerprint density at radius 3 is 2.35 bits per heavy atom. The van der Waals surface area contributed by atoms with Gasteiger partial charge < -0.3 is 10.2 Å². The molecule has 0 bridgehead atoms. The van der Waals surface area contributed by atoms with Crippen molar-refractivity contribution in [2.75, 3.05) is 37.2 Å². The van der Waals surface area contributed by atoms with Crippen LogP contribution in [0.2, 0.25) is 5.02 Å². The Kier molecular flexibility index (Phi) is 5.75. The van der Waals surface area contributed by atoms with Crippen molar-refractivity contribution in [1.82, 2.24) is 15.1 Å². The molecule has 2 N–H and O–H groups in total. The summed E-state index contributed by atoms with van der Waals surface area (Å²) in [6.07, 6.45) is 0. The van der Waals surface area contributed by atoms with Crippen LogP contribution in [0.4, 0.5) is 11.6 Å². The monoisotopic (exact) mass is 355 g/mol. The van der Waals surface area contributed by atoms with Gasteiger partial charge in [-0.2, -0.15) is 0 Å². The summed E-state index contributed by atoms with van der Waals surface area (Å²) >= 11 is 5.91. The molecular weight excluding hydrogens is 338 g/mol. The van der Waals surface area contributed by atoms with Crippen LogP contribution in [0.3, 0.4) is 0 Å². The Bertz CT molecular complexity index is 750. The smallest absolute Gasteiger partial charge is 0.264 e. The topological polar surface area (TPSA) is 87.2 Å². The van der Waals surface area contributed by atoms with Gasteiger partial charge in [-0.25, -0.2) is 8.42 Å². The molecule has 1 aromatic carbocycles. The van der Waals surface area contributed by atoms with E-state index < -0.39 is 10.0 Å². The first-order chi connectivity index (χ1) is 10.9. The molecule has 0 aliphatic heterocycles. The predicted molar refractivity (Wildman–Crippen MR) is 91.3 cm³/mol. The summed E-state index contributed by atoms with van der Waals surface area (Å²) in [5, 5.41) is 11.0. The largest absolute Gasteiger partial charge is 0.367 e. The number of benzene rings is 1. The molecule has 0 saturated carbocycles. The zero-order valence-electron chi connectivity index (χ0n) is 12.8. The zero-order chi connectivity index (χ0) is 16.9. The maximum Gasteiger partial charge on any atom is 0.264 e. The fourth-order valence-electron chi connectivity index (χ4n) is 1.74. The van der Waals surface area contributed by atoms with E-state index in [9.17, 15) is 8.42 Å². The Morgan fingerprint density at radius 2 is 1.74 bits per heavy atom. The SMILES string of the molecule is CN(C)CCNc1ccc(NS(=O)(=O)c2ccccc2Cl)nn1. The third kappa shape index (κ3) is 5.05. The molecule has 23 heavy (non-hydrogen) atoms. The molecule has 0 atom stereocenters. The van der Waals surface area contributed by atoms with Crippen molar-refractivity contribution in [2.45, 2.75) is 4.90 Å². The molecule has 0 unspecified atom stereocenters.